The molecule has 1 aliphatic rings. The van der Waals surface area contributed by atoms with Crippen molar-refractivity contribution in [2.24, 2.45) is 0 Å². The first kappa shape index (κ1) is 18.3. The van der Waals surface area contributed by atoms with Crippen molar-refractivity contribution in [2.45, 2.75) is 83.7 Å². The SMILES string of the molecule is CCCCCCCCCCCc1ccc(OCC2(C)CO2)cc1. The number of unbranched alkanes of at least 4 members (excludes halogenated alkanes) is 8. The zero-order chi connectivity index (χ0) is 16.4. The van der Waals surface area contributed by atoms with E-state index in [9.17, 15) is 0 Å². The van der Waals surface area contributed by atoms with Gasteiger partial charge in [-0.25, -0.2) is 0 Å². The summed E-state index contributed by atoms with van der Waals surface area (Å²) in [6.07, 6.45) is 13.7. The maximum absolute atomic E-state index is 5.76. The van der Waals surface area contributed by atoms with Gasteiger partial charge in [0, 0.05) is 0 Å². The Morgan fingerprint density at radius 1 is 0.913 bits per heavy atom. The lowest BCUT2D eigenvalue weighted by Gasteiger charge is -2.09. The number of ether oxygens (including phenoxy) is 2. The summed E-state index contributed by atoms with van der Waals surface area (Å²) in [4.78, 5) is 0. The Morgan fingerprint density at radius 2 is 1.48 bits per heavy atom. The van der Waals surface area contributed by atoms with E-state index in [1.54, 1.807) is 0 Å². The second-order valence-corrected chi connectivity index (χ2v) is 7.25. The van der Waals surface area contributed by atoms with Gasteiger partial charge in [-0.05, 0) is 37.5 Å². The zero-order valence-corrected chi connectivity index (χ0v) is 15.1. The summed E-state index contributed by atoms with van der Waals surface area (Å²) in [5.74, 6) is 0.956. The molecule has 2 nitrogen and oxygen atoms in total. The molecule has 0 aliphatic carbocycles. The molecule has 1 saturated heterocycles. The number of aryl methyl sites for hydroxylation is 1. The average Bonchev–Trinajstić information content (AvgIpc) is 3.30. The predicted octanol–water partition coefficient (Wildman–Crippen LogP) is 5.93. The fourth-order valence-electron chi connectivity index (χ4n) is 2.83. The summed E-state index contributed by atoms with van der Waals surface area (Å²) in [7, 11) is 0. The molecule has 2 rings (SSSR count). The van der Waals surface area contributed by atoms with Gasteiger partial charge in [0.25, 0.3) is 0 Å². The van der Waals surface area contributed by atoms with E-state index < -0.39 is 0 Å². The third kappa shape index (κ3) is 7.87. The summed E-state index contributed by atoms with van der Waals surface area (Å²) in [6.45, 7) is 5.85. The fourth-order valence-corrected chi connectivity index (χ4v) is 2.83. The average molecular weight is 319 g/mol. The Kier molecular flexibility index (Phi) is 7.94. The highest BCUT2D eigenvalue weighted by Gasteiger charge is 2.40. The summed E-state index contributed by atoms with van der Waals surface area (Å²) >= 11 is 0. The molecule has 1 fully saturated rings. The van der Waals surface area contributed by atoms with E-state index in [1.165, 1.54) is 69.8 Å². The molecule has 1 atom stereocenters. The number of rotatable bonds is 13. The molecule has 130 valence electrons. The highest BCUT2D eigenvalue weighted by atomic mass is 16.6. The molecule has 1 heterocycles. The van der Waals surface area contributed by atoms with E-state index in [-0.39, 0.29) is 5.60 Å². The van der Waals surface area contributed by atoms with E-state index in [0.717, 1.165) is 12.4 Å². The van der Waals surface area contributed by atoms with Crippen molar-refractivity contribution in [1.29, 1.82) is 0 Å². The second-order valence-electron chi connectivity index (χ2n) is 7.25. The topological polar surface area (TPSA) is 21.8 Å². The Hall–Kier alpha value is -1.02. The number of benzene rings is 1. The van der Waals surface area contributed by atoms with Gasteiger partial charge in [0.05, 0.1) is 6.61 Å². The smallest absolute Gasteiger partial charge is 0.123 e. The third-order valence-electron chi connectivity index (χ3n) is 4.67. The molecule has 1 aromatic carbocycles. The molecule has 23 heavy (non-hydrogen) atoms. The van der Waals surface area contributed by atoms with Crippen molar-refractivity contribution in [3.63, 3.8) is 0 Å². The lowest BCUT2D eigenvalue weighted by Crippen LogP contribution is -2.16. The Bertz CT molecular complexity index is 420. The lowest BCUT2D eigenvalue weighted by molar-refractivity contribution is 0.202. The fraction of sp³-hybridized carbons (Fsp3) is 0.714. The number of hydrogen-bond acceptors (Lipinski definition) is 2. The van der Waals surface area contributed by atoms with Crippen molar-refractivity contribution in [3.05, 3.63) is 29.8 Å². The van der Waals surface area contributed by atoms with E-state index in [1.807, 2.05) is 0 Å². The number of hydrogen-bond donors (Lipinski definition) is 0. The largest absolute Gasteiger partial charge is 0.491 e. The zero-order valence-electron chi connectivity index (χ0n) is 15.1. The van der Waals surface area contributed by atoms with Crippen LogP contribution in [0.1, 0.15) is 77.2 Å². The quantitative estimate of drug-likeness (QED) is 0.332. The summed E-state index contributed by atoms with van der Waals surface area (Å²) in [6, 6.07) is 8.59. The van der Waals surface area contributed by atoms with Crippen LogP contribution in [0, 0.1) is 0 Å². The maximum atomic E-state index is 5.76. The van der Waals surface area contributed by atoms with Crippen LogP contribution in [0.5, 0.6) is 5.75 Å². The van der Waals surface area contributed by atoms with Gasteiger partial charge in [-0.15, -0.1) is 0 Å². The van der Waals surface area contributed by atoms with Crippen LogP contribution in [0.25, 0.3) is 0 Å². The number of epoxide rings is 1. The van der Waals surface area contributed by atoms with Crippen LogP contribution >= 0.6 is 0 Å². The molecule has 0 N–H and O–H groups in total. The first-order chi connectivity index (χ1) is 11.2. The van der Waals surface area contributed by atoms with E-state index in [0.29, 0.717) is 6.61 Å². The normalized spacial score (nSPS) is 19.7. The molecular formula is C21H34O2. The summed E-state index contributed by atoms with van der Waals surface area (Å²) in [5, 5.41) is 0. The maximum Gasteiger partial charge on any atom is 0.123 e. The molecule has 1 unspecified atom stereocenters. The Balaban J connectivity index is 1.49. The highest BCUT2D eigenvalue weighted by Crippen LogP contribution is 2.27. The van der Waals surface area contributed by atoms with Crippen LogP contribution in [0.3, 0.4) is 0 Å². The lowest BCUT2D eigenvalue weighted by atomic mass is 10.0. The molecule has 0 radical (unpaired) electrons. The molecule has 2 heteroatoms. The monoisotopic (exact) mass is 318 g/mol. The van der Waals surface area contributed by atoms with E-state index in [2.05, 4.69) is 38.1 Å². The van der Waals surface area contributed by atoms with Crippen molar-refractivity contribution in [3.8, 4) is 5.75 Å². The Labute approximate surface area is 142 Å². The predicted molar refractivity (Wildman–Crippen MR) is 97.2 cm³/mol. The molecule has 0 aromatic heterocycles. The molecule has 1 aromatic rings. The third-order valence-corrected chi connectivity index (χ3v) is 4.67. The first-order valence-electron chi connectivity index (χ1n) is 9.57. The summed E-state index contributed by atoms with van der Waals surface area (Å²) < 4.78 is 11.1. The van der Waals surface area contributed by atoms with Gasteiger partial charge < -0.3 is 9.47 Å². The van der Waals surface area contributed by atoms with Gasteiger partial charge in [0.1, 0.15) is 18.0 Å². The van der Waals surface area contributed by atoms with Crippen LogP contribution in [0.4, 0.5) is 0 Å². The van der Waals surface area contributed by atoms with Crippen molar-refractivity contribution in [1.82, 2.24) is 0 Å². The van der Waals surface area contributed by atoms with Gasteiger partial charge in [0.15, 0.2) is 0 Å². The molecule has 0 bridgehead atoms. The molecule has 0 spiro atoms. The van der Waals surface area contributed by atoms with Gasteiger partial charge in [0.2, 0.25) is 0 Å². The molecule has 0 saturated carbocycles. The van der Waals surface area contributed by atoms with Gasteiger partial charge in [-0.3, -0.25) is 0 Å². The molecule has 0 amide bonds. The van der Waals surface area contributed by atoms with Gasteiger partial charge >= 0.3 is 0 Å². The van der Waals surface area contributed by atoms with Crippen molar-refractivity contribution < 1.29 is 9.47 Å². The van der Waals surface area contributed by atoms with Crippen LogP contribution in [-0.4, -0.2) is 18.8 Å². The minimum atomic E-state index is -0.0325. The highest BCUT2D eigenvalue weighted by molar-refractivity contribution is 5.27. The standard InChI is InChI=1S/C21H34O2/c1-3-4-5-6-7-8-9-10-11-12-19-13-15-20(16-14-19)22-17-21(2)18-23-21/h13-16H,3-12,17-18H2,1-2H3. The Morgan fingerprint density at radius 3 is 2.04 bits per heavy atom. The summed E-state index contributed by atoms with van der Waals surface area (Å²) in [5.41, 5.74) is 1.39. The van der Waals surface area contributed by atoms with Crippen molar-refractivity contribution in [2.75, 3.05) is 13.2 Å². The van der Waals surface area contributed by atoms with E-state index >= 15 is 0 Å². The van der Waals surface area contributed by atoms with Crippen LogP contribution < -0.4 is 4.74 Å². The first-order valence-corrected chi connectivity index (χ1v) is 9.57. The van der Waals surface area contributed by atoms with Crippen LogP contribution in [-0.2, 0) is 11.2 Å². The van der Waals surface area contributed by atoms with Crippen LogP contribution in [0.15, 0.2) is 24.3 Å². The van der Waals surface area contributed by atoms with E-state index in [4.69, 9.17) is 9.47 Å². The minimum Gasteiger partial charge on any atom is -0.491 e. The van der Waals surface area contributed by atoms with Crippen LogP contribution in [0.2, 0.25) is 0 Å². The second kappa shape index (κ2) is 9.97. The van der Waals surface area contributed by atoms with Crippen molar-refractivity contribution >= 4 is 0 Å². The van der Waals surface area contributed by atoms with Gasteiger partial charge in [-0.1, -0.05) is 70.4 Å². The molecule has 1 aliphatic heterocycles. The van der Waals surface area contributed by atoms with Gasteiger partial charge in [-0.2, -0.15) is 0 Å². The molecular weight excluding hydrogens is 284 g/mol. The minimum absolute atomic E-state index is 0.0325.